The van der Waals surface area contributed by atoms with Crippen molar-refractivity contribution in [1.82, 2.24) is 10.3 Å². The summed E-state index contributed by atoms with van der Waals surface area (Å²) in [6.45, 7) is 13.1. The van der Waals surface area contributed by atoms with Crippen molar-refractivity contribution < 1.29 is 4.79 Å². The summed E-state index contributed by atoms with van der Waals surface area (Å²) in [6.07, 6.45) is 17.1. The van der Waals surface area contributed by atoms with Crippen molar-refractivity contribution in [1.29, 1.82) is 0 Å². The number of rotatable bonds is 10. The predicted octanol–water partition coefficient (Wildman–Crippen LogP) is 8.58. The molecule has 0 spiro atoms. The van der Waals surface area contributed by atoms with Gasteiger partial charge >= 0.3 is 6.03 Å². The summed E-state index contributed by atoms with van der Waals surface area (Å²) < 4.78 is 0. The molecule has 0 bridgehead atoms. The highest BCUT2D eigenvalue weighted by Crippen LogP contribution is 2.68. The number of urea groups is 1. The molecule has 3 saturated carbocycles. The van der Waals surface area contributed by atoms with Gasteiger partial charge < -0.3 is 5.32 Å². The average Bonchev–Trinajstić information content (AvgIpc) is 3.22. The molecule has 6 heteroatoms. The van der Waals surface area contributed by atoms with Crippen molar-refractivity contribution in [2.45, 2.75) is 105 Å². The van der Waals surface area contributed by atoms with E-state index in [2.05, 4.69) is 51.3 Å². The monoisotopic (exact) mass is 533 g/mol. The molecule has 37 heavy (non-hydrogen) atoms. The third kappa shape index (κ3) is 5.63. The maximum Gasteiger partial charge on any atom is 0.340 e. The molecule has 4 aliphatic carbocycles. The Kier molecular flexibility index (Phi) is 9.34. The average molecular weight is 534 g/mol. The summed E-state index contributed by atoms with van der Waals surface area (Å²) in [5, 5.41) is 6.92. The van der Waals surface area contributed by atoms with E-state index in [1.807, 2.05) is 0 Å². The Labute approximate surface area is 230 Å². The molecule has 1 N–H and O–H groups in total. The molecule has 0 aromatic carbocycles. The van der Waals surface area contributed by atoms with E-state index in [0.717, 1.165) is 22.8 Å². The Balaban J connectivity index is 1.57. The number of amides is 2. The number of carbonyl (C=O) groups is 1. The highest BCUT2D eigenvalue weighted by molar-refractivity contribution is 6.18. The van der Waals surface area contributed by atoms with Crippen LogP contribution in [0.1, 0.15) is 105 Å². The van der Waals surface area contributed by atoms with Gasteiger partial charge in [-0.2, -0.15) is 5.01 Å². The number of allylic oxidation sites excluding steroid dienone is 1. The van der Waals surface area contributed by atoms with E-state index in [1.165, 1.54) is 70.6 Å². The van der Waals surface area contributed by atoms with Gasteiger partial charge in [-0.05, 0) is 97.2 Å². The minimum atomic E-state index is -0.413. The first kappa shape index (κ1) is 28.9. The maximum absolute atomic E-state index is 12.7. The molecule has 4 aliphatic rings. The first-order chi connectivity index (χ1) is 17.7. The van der Waals surface area contributed by atoms with Gasteiger partial charge in [0.2, 0.25) is 0 Å². The van der Waals surface area contributed by atoms with Gasteiger partial charge in [0, 0.05) is 12.4 Å². The molecule has 5 nitrogen and oxygen atoms in total. The minimum Gasteiger partial charge on any atom is -0.336 e. The lowest BCUT2D eigenvalue weighted by atomic mass is 9.45. The lowest BCUT2D eigenvalue weighted by Gasteiger charge is -2.60. The van der Waals surface area contributed by atoms with E-state index < -0.39 is 6.03 Å². The molecular formula is C31H52ClN3O2. The van der Waals surface area contributed by atoms with E-state index in [4.69, 9.17) is 11.6 Å². The zero-order chi connectivity index (χ0) is 26.8. The molecule has 0 unspecified atom stereocenters. The summed E-state index contributed by atoms with van der Waals surface area (Å²) >= 11 is 5.78. The van der Waals surface area contributed by atoms with Crippen molar-refractivity contribution in [2.24, 2.45) is 57.5 Å². The van der Waals surface area contributed by atoms with E-state index >= 15 is 0 Å². The standard InChI is InChI=1S/C31H52ClN3O2/c1-21(2)9-8-10-22(3)25-12-13-26-28-23(20-33-29(36)35(34-37)18-17-32)19-24-11-6-7-15-30(24,4)27(28)14-16-31(25,26)5/h19,21-23,25-28H,6-18,20H2,1-5H3,(H,33,36)/t22-,23-,25-,26+,27+,28+,30+,31-/m1/s1. The Morgan fingerprint density at radius 2 is 1.92 bits per heavy atom. The molecule has 0 radical (unpaired) electrons. The molecule has 2 amide bonds. The maximum atomic E-state index is 12.7. The van der Waals surface area contributed by atoms with Gasteiger partial charge in [0.25, 0.3) is 0 Å². The van der Waals surface area contributed by atoms with Crippen LogP contribution in [0.3, 0.4) is 0 Å². The second-order valence-electron chi connectivity index (χ2n) is 13.9. The van der Waals surface area contributed by atoms with Gasteiger partial charge in [0.15, 0.2) is 0 Å². The van der Waals surface area contributed by atoms with Crippen LogP contribution in [0.4, 0.5) is 4.79 Å². The molecule has 4 rings (SSSR count). The summed E-state index contributed by atoms with van der Waals surface area (Å²) in [7, 11) is 0. The number of fused-ring (bicyclic) bond motifs is 5. The van der Waals surface area contributed by atoms with Crippen LogP contribution in [0.5, 0.6) is 0 Å². The fourth-order valence-corrected chi connectivity index (χ4v) is 9.79. The number of alkyl halides is 1. The van der Waals surface area contributed by atoms with Crippen LogP contribution < -0.4 is 5.32 Å². The van der Waals surface area contributed by atoms with Crippen LogP contribution >= 0.6 is 11.6 Å². The van der Waals surface area contributed by atoms with Gasteiger partial charge in [-0.25, -0.2) is 4.79 Å². The molecule has 0 heterocycles. The fourth-order valence-electron chi connectivity index (χ4n) is 9.63. The minimum absolute atomic E-state index is 0.143. The molecule has 210 valence electrons. The van der Waals surface area contributed by atoms with E-state index in [1.54, 1.807) is 5.57 Å². The van der Waals surface area contributed by atoms with E-state index in [9.17, 15) is 9.70 Å². The Hall–Kier alpha value is -1.10. The van der Waals surface area contributed by atoms with Crippen LogP contribution in [-0.2, 0) is 0 Å². The normalized spacial score (nSPS) is 37.7. The fraction of sp³-hybridized carbons (Fsp3) is 0.903. The number of nitrogens with zero attached hydrogens (tertiary/aromatic N) is 2. The van der Waals surface area contributed by atoms with Crippen LogP contribution in [-0.4, -0.2) is 30.0 Å². The third-order valence-electron chi connectivity index (χ3n) is 11.5. The second kappa shape index (κ2) is 12.0. The second-order valence-corrected chi connectivity index (χ2v) is 14.3. The molecule has 8 atom stereocenters. The quantitative estimate of drug-likeness (QED) is 0.132. The first-order valence-electron chi connectivity index (χ1n) is 15.3. The predicted molar refractivity (Wildman–Crippen MR) is 153 cm³/mol. The Morgan fingerprint density at radius 3 is 2.62 bits per heavy atom. The van der Waals surface area contributed by atoms with Crippen LogP contribution in [0.2, 0.25) is 0 Å². The SMILES string of the molecule is CC(C)CCC[C@@H](C)[C@H]1CC[C@H]2[C@@H]3[C@@H](CNC(=O)N(CCCl)N=O)C=C4CCCC[C@]4(C)[C@H]3CC[C@]12C. The van der Waals surface area contributed by atoms with E-state index in [-0.39, 0.29) is 12.4 Å². The molecular weight excluding hydrogens is 482 g/mol. The van der Waals surface area contributed by atoms with Crippen LogP contribution in [0, 0.1) is 57.2 Å². The van der Waals surface area contributed by atoms with Crippen molar-refractivity contribution in [2.75, 3.05) is 19.0 Å². The van der Waals surface area contributed by atoms with Gasteiger partial charge in [-0.15, -0.1) is 16.5 Å². The summed E-state index contributed by atoms with van der Waals surface area (Å²) in [5.74, 6) is 4.93. The van der Waals surface area contributed by atoms with Gasteiger partial charge in [-0.1, -0.05) is 72.0 Å². The van der Waals surface area contributed by atoms with Crippen molar-refractivity contribution in [3.05, 3.63) is 16.6 Å². The van der Waals surface area contributed by atoms with Crippen LogP contribution in [0.15, 0.2) is 16.9 Å². The first-order valence-corrected chi connectivity index (χ1v) is 15.8. The zero-order valence-electron chi connectivity index (χ0n) is 24.1. The molecule has 0 aliphatic heterocycles. The summed E-state index contributed by atoms with van der Waals surface area (Å²) in [5.41, 5.74) is 2.36. The number of hydrogen-bond donors (Lipinski definition) is 1. The lowest BCUT2D eigenvalue weighted by Crippen LogP contribution is -2.54. The number of nitroso groups, excluding NO2 is 1. The highest BCUT2D eigenvalue weighted by Gasteiger charge is 2.60. The van der Waals surface area contributed by atoms with Gasteiger partial charge in [0.05, 0.1) is 11.8 Å². The number of nitrogens with one attached hydrogen (secondary N) is 1. The van der Waals surface area contributed by atoms with Crippen molar-refractivity contribution >= 4 is 17.6 Å². The third-order valence-corrected chi connectivity index (χ3v) is 11.7. The molecule has 0 aromatic heterocycles. The summed E-state index contributed by atoms with van der Waals surface area (Å²) in [6, 6.07) is -0.413. The smallest absolute Gasteiger partial charge is 0.336 e. The summed E-state index contributed by atoms with van der Waals surface area (Å²) in [4.78, 5) is 23.9. The highest BCUT2D eigenvalue weighted by atomic mass is 35.5. The molecule has 0 saturated heterocycles. The van der Waals surface area contributed by atoms with Crippen molar-refractivity contribution in [3.8, 4) is 0 Å². The van der Waals surface area contributed by atoms with Gasteiger partial charge in [0.1, 0.15) is 0 Å². The number of carbonyl (C=O) groups excluding carboxylic acids is 1. The molecule has 0 aromatic rings. The van der Waals surface area contributed by atoms with Crippen molar-refractivity contribution in [3.63, 3.8) is 0 Å². The Bertz CT molecular complexity index is 846. The topological polar surface area (TPSA) is 61.8 Å². The number of halogens is 1. The Morgan fingerprint density at radius 1 is 1.14 bits per heavy atom. The molecule has 3 fully saturated rings. The largest absolute Gasteiger partial charge is 0.340 e. The zero-order valence-corrected chi connectivity index (χ0v) is 24.9. The lowest BCUT2D eigenvalue weighted by molar-refractivity contribution is -0.0688. The number of hydrogen-bond acceptors (Lipinski definition) is 3. The van der Waals surface area contributed by atoms with Gasteiger partial charge in [-0.3, -0.25) is 0 Å². The van der Waals surface area contributed by atoms with E-state index in [0.29, 0.717) is 41.0 Å². The van der Waals surface area contributed by atoms with Crippen LogP contribution in [0.25, 0.3) is 0 Å².